The molecule has 2 heterocycles. The Labute approximate surface area is 143 Å². The summed E-state index contributed by atoms with van der Waals surface area (Å²) in [4.78, 5) is 9.77. The van der Waals surface area contributed by atoms with Crippen molar-refractivity contribution in [2.45, 2.75) is 12.2 Å². The Morgan fingerprint density at radius 3 is 2.52 bits per heavy atom. The van der Waals surface area contributed by atoms with E-state index < -0.39 is 11.9 Å². The summed E-state index contributed by atoms with van der Waals surface area (Å²) in [5.41, 5.74) is 0.0122. The zero-order valence-electron chi connectivity index (χ0n) is 13.5. The number of rotatable bonds is 5. The van der Waals surface area contributed by atoms with Crippen LogP contribution in [0.4, 0.5) is 19.1 Å². The number of aromatic nitrogens is 2. The first-order valence-corrected chi connectivity index (χ1v) is 8.04. The maximum atomic E-state index is 12.9. The third kappa shape index (κ3) is 4.90. The van der Waals surface area contributed by atoms with Crippen molar-refractivity contribution < 1.29 is 17.9 Å². The van der Waals surface area contributed by atoms with Gasteiger partial charge in [-0.1, -0.05) is 30.3 Å². The topological polar surface area (TPSA) is 50.3 Å². The first kappa shape index (κ1) is 17.6. The van der Waals surface area contributed by atoms with Crippen LogP contribution in [0.15, 0.2) is 42.6 Å². The van der Waals surface area contributed by atoms with E-state index in [1.165, 1.54) is 0 Å². The number of hydrogen-bond acceptors (Lipinski definition) is 5. The van der Waals surface area contributed by atoms with E-state index in [-0.39, 0.29) is 12.0 Å². The highest BCUT2D eigenvalue weighted by Crippen LogP contribution is 2.28. The minimum Gasteiger partial charge on any atom is -0.379 e. The Bertz CT molecular complexity index is 675. The average molecular weight is 352 g/mol. The highest BCUT2D eigenvalue weighted by Gasteiger charge is 2.33. The van der Waals surface area contributed by atoms with Crippen LogP contribution in [0.1, 0.15) is 17.3 Å². The van der Waals surface area contributed by atoms with Gasteiger partial charge in [0.25, 0.3) is 0 Å². The van der Waals surface area contributed by atoms with Crippen LogP contribution in [0.5, 0.6) is 0 Å². The predicted octanol–water partition coefficient (Wildman–Crippen LogP) is 2.98. The summed E-state index contributed by atoms with van der Waals surface area (Å²) in [6.07, 6.45) is -3.37. The molecule has 2 aromatic rings. The normalized spacial score (nSPS) is 17.2. The van der Waals surface area contributed by atoms with Crippen LogP contribution >= 0.6 is 0 Å². The minimum absolute atomic E-state index is 0.0306. The van der Waals surface area contributed by atoms with Gasteiger partial charge in [-0.25, -0.2) is 9.97 Å². The smallest absolute Gasteiger partial charge is 0.379 e. The van der Waals surface area contributed by atoms with E-state index in [0.29, 0.717) is 19.8 Å². The number of benzene rings is 1. The van der Waals surface area contributed by atoms with Gasteiger partial charge in [-0.15, -0.1) is 0 Å². The molecular formula is C17H19F3N4O. The largest absolute Gasteiger partial charge is 0.433 e. The number of halogens is 3. The Hall–Kier alpha value is -2.19. The summed E-state index contributed by atoms with van der Waals surface area (Å²) >= 11 is 0. The van der Waals surface area contributed by atoms with Crippen LogP contribution in [0.3, 0.4) is 0 Å². The fourth-order valence-corrected chi connectivity index (χ4v) is 2.70. The van der Waals surface area contributed by atoms with Gasteiger partial charge in [-0.2, -0.15) is 13.2 Å². The standard InChI is InChI=1S/C17H19F3N4O/c18-17(19,20)15-6-7-21-16(23-15)22-14(13-4-2-1-3-5-13)12-24-8-10-25-11-9-24/h1-7,14H,8-12H2,(H,21,22,23). The van der Waals surface area contributed by atoms with Crippen LogP contribution in [-0.2, 0) is 10.9 Å². The van der Waals surface area contributed by atoms with Crippen molar-refractivity contribution in [2.24, 2.45) is 0 Å². The quantitative estimate of drug-likeness (QED) is 0.897. The summed E-state index contributed by atoms with van der Waals surface area (Å²) in [6.45, 7) is 3.51. The molecule has 1 N–H and O–H groups in total. The van der Waals surface area contributed by atoms with E-state index in [0.717, 1.165) is 30.9 Å². The number of morpholine rings is 1. The van der Waals surface area contributed by atoms with E-state index in [9.17, 15) is 13.2 Å². The molecule has 1 aromatic heterocycles. The van der Waals surface area contributed by atoms with Crippen molar-refractivity contribution in [2.75, 3.05) is 38.2 Å². The van der Waals surface area contributed by atoms with Crippen molar-refractivity contribution >= 4 is 5.95 Å². The molecule has 0 spiro atoms. The minimum atomic E-state index is -4.49. The van der Waals surface area contributed by atoms with E-state index in [4.69, 9.17) is 4.74 Å². The Morgan fingerprint density at radius 1 is 1.12 bits per heavy atom. The first-order valence-electron chi connectivity index (χ1n) is 8.04. The summed E-state index contributed by atoms with van der Waals surface area (Å²) in [5.74, 6) is -0.0306. The number of ether oxygens (including phenoxy) is 1. The lowest BCUT2D eigenvalue weighted by atomic mass is 10.1. The molecule has 3 rings (SSSR count). The number of nitrogens with one attached hydrogen (secondary N) is 1. The fourth-order valence-electron chi connectivity index (χ4n) is 2.70. The molecule has 0 saturated carbocycles. The van der Waals surface area contributed by atoms with Gasteiger partial charge < -0.3 is 10.1 Å². The Morgan fingerprint density at radius 2 is 1.84 bits per heavy atom. The molecule has 134 valence electrons. The molecule has 0 radical (unpaired) electrons. The van der Waals surface area contributed by atoms with E-state index in [1.54, 1.807) is 0 Å². The molecule has 5 nitrogen and oxygen atoms in total. The van der Waals surface area contributed by atoms with Crippen molar-refractivity contribution in [3.8, 4) is 0 Å². The number of anilines is 1. The van der Waals surface area contributed by atoms with Crippen molar-refractivity contribution in [3.05, 3.63) is 53.9 Å². The van der Waals surface area contributed by atoms with E-state index in [2.05, 4.69) is 20.2 Å². The van der Waals surface area contributed by atoms with Crippen molar-refractivity contribution in [1.82, 2.24) is 14.9 Å². The molecule has 8 heteroatoms. The van der Waals surface area contributed by atoms with Crippen molar-refractivity contribution in [1.29, 1.82) is 0 Å². The Balaban J connectivity index is 1.80. The summed E-state index contributed by atoms with van der Waals surface area (Å²) in [6, 6.07) is 10.2. The van der Waals surface area contributed by atoms with Crippen LogP contribution in [0.25, 0.3) is 0 Å². The molecule has 0 amide bonds. The summed E-state index contributed by atoms with van der Waals surface area (Å²) in [7, 11) is 0. The molecule has 1 saturated heterocycles. The maximum Gasteiger partial charge on any atom is 0.433 e. The zero-order valence-corrected chi connectivity index (χ0v) is 13.5. The van der Waals surface area contributed by atoms with Gasteiger partial charge >= 0.3 is 6.18 Å². The van der Waals surface area contributed by atoms with Gasteiger partial charge in [0.2, 0.25) is 5.95 Å². The van der Waals surface area contributed by atoms with Gasteiger partial charge in [0.1, 0.15) is 5.69 Å². The maximum absolute atomic E-state index is 12.9. The predicted molar refractivity (Wildman–Crippen MR) is 87.1 cm³/mol. The van der Waals surface area contributed by atoms with Crippen LogP contribution in [-0.4, -0.2) is 47.7 Å². The number of alkyl halides is 3. The van der Waals surface area contributed by atoms with Gasteiger partial charge in [0.15, 0.2) is 0 Å². The van der Waals surface area contributed by atoms with Gasteiger partial charge in [0.05, 0.1) is 19.3 Å². The van der Waals surface area contributed by atoms with Crippen LogP contribution < -0.4 is 5.32 Å². The first-order chi connectivity index (χ1) is 12.0. The molecule has 0 bridgehead atoms. The molecule has 1 unspecified atom stereocenters. The fraction of sp³-hybridized carbons (Fsp3) is 0.412. The third-order valence-corrected chi connectivity index (χ3v) is 4.00. The van der Waals surface area contributed by atoms with E-state index >= 15 is 0 Å². The Kier molecular flexibility index (Phi) is 5.50. The lowest BCUT2D eigenvalue weighted by Crippen LogP contribution is -2.40. The highest BCUT2D eigenvalue weighted by molar-refractivity contribution is 5.33. The lowest BCUT2D eigenvalue weighted by molar-refractivity contribution is -0.141. The molecule has 0 aliphatic carbocycles. The molecule has 1 aliphatic heterocycles. The van der Waals surface area contributed by atoms with Gasteiger partial charge in [0, 0.05) is 25.8 Å². The molecule has 1 aromatic carbocycles. The molecule has 25 heavy (non-hydrogen) atoms. The summed E-state index contributed by atoms with van der Waals surface area (Å²) < 4.78 is 43.9. The van der Waals surface area contributed by atoms with Crippen LogP contribution in [0, 0.1) is 0 Å². The molecule has 1 fully saturated rings. The van der Waals surface area contributed by atoms with Crippen molar-refractivity contribution in [3.63, 3.8) is 0 Å². The number of hydrogen-bond donors (Lipinski definition) is 1. The molecular weight excluding hydrogens is 333 g/mol. The van der Waals surface area contributed by atoms with Crippen LogP contribution in [0.2, 0.25) is 0 Å². The molecule has 1 atom stereocenters. The lowest BCUT2D eigenvalue weighted by Gasteiger charge is -2.31. The average Bonchev–Trinajstić information content (AvgIpc) is 2.62. The zero-order chi connectivity index (χ0) is 17.7. The second-order valence-electron chi connectivity index (χ2n) is 5.78. The summed E-state index contributed by atoms with van der Waals surface area (Å²) in [5, 5.41) is 3.05. The second kappa shape index (κ2) is 7.79. The SMILES string of the molecule is FC(F)(F)c1ccnc(NC(CN2CCOCC2)c2ccccc2)n1. The second-order valence-corrected chi connectivity index (χ2v) is 5.78. The molecule has 1 aliphatic rings. The monoisotopic (exact) mass is 352 g/mol. The van der Waals surface area contributed by atoms with Gasteiger partial charge in [-0.3, -0.25) is 4.90 Å². The highest BCUT2D eigenvalue weighted by atomic mass is 19.4. The van der Waals surface area contributed by atoms with E-state index in [1.807, 2.05) is 30.3 Å². The number of nitrogens with zero attached hydrogens (tertiary/aromatic N) is 3. The third-order valence-electron chi connectivity index (χ3n) is 4.00. The van der Waals surface area contributed by atoms with Gasteiger partial charge in [-0.05, 0) is 11.6 Å².